The van der Waals surface area contributed by atoms with Crippen molar-refractivity contribution >= 4 is 11.3 Å². The van der Waals surface area contributed by atoms with Gasteiger partial charge in [0.25, 0.3) is 0 Å². The Labute approximate surface area is 126 Å². The fraction of sp³-hybridized carbons (Fsp3) is 0.750. The second-order valence-electron chi connectivity index (χ2n) is 6.20. The predicted molar refractivity (Wildman–Crippen MR) is 84.1 cm³/mol. The smallest absolute Gasteiger partial charge is 0.0593 e. The van der Waals surface area contributed by atoms with Crippen LogP contribution >= 0.6 is 11.3 Å². The first-order chi connectivity index (χ1) is 9.77. The minimum atomic E-state index is 0.164. The Bertz CT molecular complexity index is 445. The first-order valence-electron chi connectivity index (χ1n) is 7.89. The number of hydrogen-bond donors (Lipinski definition) is 1. The van der Waals surface area contributed by atoms with E-state index < -0.39 is 0 Å². The summed E-state index contributed by atoms with van der Waals surface area (Å²) in [4.78, 5) is 4.22. The van der Waals surface area contributed by atoms with Crippen LogP contribution in [-0.4, -0.2) is 36.2 Å². The summed E-state index contributed by atoms with van der Waals surface area (Å²) in [6.07, 6.45) is 6.15. The van der Waals surface area contributed by atoms with Crippen molar-refractivity contribution in [2.45, 2.75) is 57.2 Å². The number of hydrogen-bond acceptors (Lipinski definition) is 4. The summed E-state index contributed by atoms with van der Waals surface area (Å²) in [6, 6.07) is 2.29. The van der Waals surface area contributed by atoms with Gasteiger partial charge in [0.05, 0.1) is 6.10 Å². The molecule has 1 saturated heterocycles. The summed E-state index contributed by atoms with van der Waals surface area (Å²) in [7, 11) is 0. The van der Waals surface area contributed by atoms with E-state index in [1.54, 1.807) is 4.88 Å². The largest absolute Gasteiger partial charge is 0.378 e. The summed E-state index contributed by atoms with van der Waals surface area (Å²) in [5.41, 5.74) is 7.91. The normalized spacial score (nSPS) is 31.2. The first kappa shape index (κ1) is 14.5. The van der Waals surface area contributed by atoms with Crippen LogP contribution in [-0.2, 0) is 17.7 Å². The van der Waals surface area contributed by atoms with Crippen LogP contribution in [0.25, 0.3) is 0 Å². The summed E-state index contributed by atoms with van der Waals surface area (Å²) < 4.78 is 5.94. The molecule has 2 aliphatic heterocycles. The zero-order chi connectivity index (χ0) is 14.0. The van der Waals surface area contributed by atoms with E-state index in [4.69, 9.17) is 10.5 Å². The molecule has 3 rings (SSSR count). The standard InChI is InChI=1S/C16H26N2OS/c1-2-3-14-10-16(12-17,6-8-19-14)18-7-4-15-13(11-18)5-9-20-15/h5,9,14H,2-4,6-8,10-12,17H2,1H3. The quantitative estimate of drug-likeness (QED) is 0.928. The molecule has 4 heteroatoms. The summed E-state index contributed by atoms with van der Waals surface area (Å²) in [5.74, 6) is 0. The van der Waals surface area contributed by atoms with Crippen molar-refractivity contribution in [3.63, 3.8) is 0 Å². The van der Waals surface area contributed by atoms with E-state index in [0.717, 1.165) is 39.1 Å². The average Bonchev–Trinajstić information content (AvgIpc) is 2.95. The maximum Gasteiger partial charge on any atom is 0.0593 e. The van der Waals surface area contributed by atoms with E-state index in [1.807, 2.05) is 11.3 Å². The molecule has 3 heterocycles. The summed E-state index contributed by atoms with van der Waals surface area (Å²) in [6.45, 7) is 6.10. The van der Waals surface area contributed by atoms with Crippen LogP contribution in [0.1, 0.15) is 43.0 Å². The van der Waals surface area contributed by atoms with Crippen molar-refractivity contribution in [3.05, 3.63) is 21.9 Å². The van der Waals surface area contributed by atoms with Gasteiger partial charge in [-0.2, -0.15) is 0 Å². The molecular formula is C16H26N2OS. The lowest BCUT2D eigenvalue weighted by molar-refractivity contribution is -0.0778. The third-order valence-electron chi connectivity index (χ3n) is 5.00. The van der Waals surface area contributed by atoms with Crippen LogP contribution in [0, 0.1) is 0 Å². The van der Waals surface area contributed by atoms with Crippen LogP contribution in [0.5, 0.6) is 0 Å². The van der Waals surface area contributed by atoms with Crippen molar-refractivity contribution in [1.29, 1.82) is 0 Å². The molecule has 1 aromatic heterocycles. The molecule has 2 unspecified atom stereocenters. The Kier molecular flexibility index (Phi) is 4.46. The molecule has 2 atom stereocenters. The van der Waals surface area contributed by atoms with Crippen LogP contribution in [0.4, 0.5) is 0 Å². The van der Waals surface area contributed by atoms with Gasteiger partial charge in [-0.25, -0.2) is 0 Å². The summed E-state index contributed by atoms with van der Waals surface area (Å²) in [5, 5.41) is 2.23. The lowest BCUT2D eigenvalue weighted by Gasteiger charge is -2.49. The van der Waals surface area contributed by atoms with E-state index in [1.165, 1.54) is 24.8 Å². The molecule has 20 heavy (non-hydrogen) atoms. The highest BCUT2D eigenvalue weighted by molar-refractivity contribution is 7.10. The summed E-state index contributed by atoms with van der Waals surface area (Å²) >= 11 is 1.91. The fourth-order valence-corrected chi connectivity index (χ4v) is 4.65. The highest BCUT2D eigenvalue weighted by Gasteiger charge is 2.41. The Balaban J connectivity index is 1.75. The van der Waals surface area contributed by atoms with Gasteiger partial charge in [0.15, 0.2) is 0 Å². The molecule has 0 radical (unpaired) electrons. The van der Waals surface area contributed by atoms with E-state index in [-0.39, 0.29) is 5.54 Å². The third kappa shape index (κ3) is 2.67. The van der Waals surface area contributed by atoms with Crippen LogP contribution < -0.4 is 5.73 Å². The van der Waals surface area contributed by atoms with Gasteiger partial charge in [-0.1, -0.05) is 13.3 Å². The zero-order valence-electron chi connectivity index (χ0n) is 12.4. The Morgan fingerprint density at radius 3 is 3.25 bits per heavy atom. The van der Waals surface area contributed by atoms with Crippen molar-refractivity contribution in [3.8, 4) is 0 Å². The van der Waals surface area contributed by atoms with Gasteiger partial charge in [-0.05, 0) is 42.7 Å². The minimum absolute atomic E-state index is 0.164. The lowest BCUT2D eigenvalue weighted by atomic mass is 9.82. The number of rotatable bonds is 4. The van der Waals surface area contributed by atoms with Gasteiger partial charge in [-0.15, -0.1) is 11.3 Å². The Hall–Kier alpha value is -0.420. The fourth-order valence-electron chi connectivity index (χ4n) is 3.76. The van der Waals surface area contributed by atoms with Gasteiger partial charge in [0, 0.05) is 36.7 Å². The van der Waals surface area contributed by atoms with E-state index in [2.05, 4.69) is 23.3 Å². The van der Waals surface area contributed by atoms with Crippen molar-refractivity contribution in [2.24, 2.45) is 5.73 Å². The van der Waals surface area contributed by atoms with Crippen LogP contribution in [0.2, 0.25) is 0 Å². The molecule has 0 amide bonds. The predicted octanol–water partition coefficient (Wildman–Crippen LogP) is 2.78. The number of nitrogens with two attached hydrogens (primary N) is 1. The second-order valence-corrected chi connectivity index (χ2v) is 7.21. The molecule has 0 bridgehead atoms. The molecule has 0 aliphatic carbocycles. The molecule has 0 saturated carbocycles. The maximum atomic E-state index is 6.23. The zero-order valence-corrected chi connectivity index (χ0v) is 13.3. The number of thiophene rings is 1. The molecular weight excluding hydrogens is 268 g/mol. The van der Waals surface area contributed by atoms with Gasteiger partial charge in [0.2, 0.25) is 0 Å². The SMILES string of the molecule is CCCC1CC(CN)(N2CCc3sccc3C2)CCO1. The third-order valence-corrected chi connectivity index (χ3v) is 6.02. The first-order valence-corrected chi connectivity index (χ1v) is 8.77. The number of nitrogens with zero attached hydrogens (tertiary/aromatic N) is 1. The average molecular weight is 294 g/mol. The molecule has 2 aliphatic rings. The molecule has 1 aromatic rings. The molecule has 0 spiro atoms. The highest BCUT2D eigenvalue weighted by Crippen LogP contribution is 2.36. The van der Waals surface area contributed by atoms with Crippen LogP contribution in [0.15, 0.2) is 11.4 Å². The van der Waals surface area contributed by atoms with E-state index in [0.29, 0.717) is 6.10 Å². The van der Waals surface area contributed by atoms with E-state index >= 15 is 0 Å². The highest BCUT2D eigenvalue weighted by atomic mass is 32.1. The van der Waals surface area contributed by atoms with Gasteiger partial charge < -0.3 is 10.5 Å². The molecule has 3 nitrogen and oxygen atoms in total. The molecule has 1 fully saturated rings. The van der Waals surface area contributed by atoms with Gasteiger partial charge in [-0.3, -0.25) is 4.90 Å². The van der Waals surface area contributed by atoms with Crippen molar-refractivity contribution in [2.75, 3.05) is 19.7 Å². The topological polar surface area (TPSA) is 38.5 Å². The van der Waals surface area contributed by atoms with Crippen LogP contribution in [0.3, 0.4) is 0 Å². The minimum Gasteiger partial charge on any atom is -0.378 e. The number of fused-ring (bicyclic) bond motifs is 1. The molecule has 2 N–H and O–H groups in total. The second kappa shape index (κ2) is 6.14. The molecule has 0 aromatic carbocycles. The monoisotopic (exact) mass is 294 g/mol. The van der Waals surface area contributed by atoms with Gasteiger partial charge in [0.1, 0.15) is 0 Å². The van der Waals surface area contributed by atoms with Gasteiger partial charge >= 0.3 is 0 Å². The number of ether oxygens (including phenoxy) is 1. The molecule has 112 valence electrons. The van der Waals surface area contributed by atoms with Crippen molar-refractivity contribution in [1.82, 2.24) is 4.90 Å². The lowest BCUT2D eigenvalue weighted by Crippen LogP contribution is -2.59. The van der Waals surface area contributed by atoms with E-state index in [9.17, 15) is 0 Å². The Morgan fingerprint density at radius 1 is 1.55 bits per heavy atom. The Morgan fingerprint density at radius 2 is 2.45 bits per heavy atom. The maximum absolute atomic E-state index is 6.23. The van der Waals surface area contributed by atoms with Crippen molar-refractivity contribution < 1.29 is 4.74 Å².